The Hall–Kier alpha value is -1.75. The zero-order valence-corrected chi connectivity index (χ0v) is 12.7. The summed E-state index contributed by atoms with van der Waals surface area (Å²) in [5, 5.41) is 5.64. The molecule has 5 nitrogen and oxygen atoms in total. The van der Waals surface area contributed by atoms with Crippen molar-refractivity contribution in [2.75, 3.05) is 18.5 Å². The van der Waals surface area contributed by atoms with E-state index in [-0.39, 0.29) is 18.2 Å². The van der Waals surface area contributed by atoms with Crippen LogP contribution >= 0.6 is 0 Å². The number of amides is 2. The lowest BCUT2D eigenvalue weighted by Crippen LogP contribution is -2.35. The molecule has 2 atom stereocenters. The van der Waals surface area contributed by atoms with E-state index in [1.54, 1.807) is 0 Å². The van der Waals surface area contributed by atoms with Gasteiger partial charge in [-0.1, -0.05) is 13.0 Å². The Morgan fingerprint density at radius 2 is 2.38 bits per heavy atom. The first-order chi connectivity index (χ1) is 10.2. The summed E-state index contributed by atoms with van der Waals surface area (Å²) in [6.07, 6.45) is 3.34. The van der Waals surface area contributed by atoms with E-state index in [0.29, 0.717) is 6.54 Å². The number of carbonyl (C=O) groups excluding carboxylic acids is 1. The highest BCUT2D eigenvalue weighted by molar-refractivity contribution is 5.89. The summed E-state index contributed by atoms with van der Waals surface area (Å²) in [4.78, 5) is 11.8. The third-order valence-corrected chi connectivity index (χ3v) is 3.52. The molecule has 2 N–H and O–H groups in total. The lowest BCUT2D eigenvalue weighted by atomic mass is 10.2. The molecule has 1 fully saturated rings. The van der Waals surface area contributed by atoms with Crippen molar-refractivity contribution in [3.05, 3.63) is 24.3 Å². The Balaban J connectivity index is 1.80. The fourth-order valence-corrected chi connectivity index (χ4v) is 2.15. The Morgan fingerprint density at radius 1 is 1.52 bits per heavy atom. The molecule has 0 spiro atoms. The predicted molar refractivity (Wildman–Crippen MR) is 82.8 cm³/mol. The van der Waals surface area contributed by atoms with Crippen LogP contribution in [0.3, 0.4) is 0 Å². The second kappa shape index (κ2) is 7.88. The Kier molecular flexibility index (Phi) is 5.87. The van der Waals surface area contributed by atoms with Gasteiger partial charge >= 0.3 is 6.03 Å². The Labute approximate surface area is 126 Å². The van der Waals surface area contributed by atoms with Crippen LogP contribution in [-0.2, 0) is 4.74 Å². The molecule has 2 amide bonds. The fourth-order valence-electron chi connectivity index (χ4n) is 2.15. The first kappa shape index (κ1) is 15.6. The molecule has 1 heterocycles. The number of nitrogens with one attached hydrogen (secondary N) is 2. The van der Waals surface area contributed by atoms with Crippen molar-refractivity contribution in [3.63, 3.8) is 0 Å². The van der Waals surface area contributed by atoms with Crippen molar-refractivity contribution in [2.24, 2.45) is 0 Å². The van der Waals surface area contributed by atoms with Gasteiger partial charge in [0.05, 0.1) is 12.2 Å². The summed E-state index contributed by atoms with van der Waals surface area (Å²) < 4.78 is 11.2. The second-order valence-corrected chi connectivity index (χ2v) is 5.33. The highest BCUT2D eigenvalue weighted by atomic mass is 16.5. The molecule has 0 aliphatic carbocycles. The minimum Gasteiger partial charge on any atom is -0.491 e. The molecule has 5 heteroatoms. The minimum atomic E-state index is -0.216. The van der Waals surface area contributed by atoms with Gasteiger partial charge in [-0.2, -0.15) is 0 Å². The van der Waals surface area contributed by atoms with Crippen LogP contribution in [0.5, 0.6) is 5.75 Å². The van der Waals surface area contributed by atoms with Gasteiger partial charge in [0.1, 0.15) is 5.75 Å². The summed E-state index contributed by atoms with van der Waals surface area (Å²) in [5.74, 6) is 0.765. The number of carbonyl (C=O) groups is 1. The van der Waals surface area contributed by atoms with Gasteiger partial charge in [-0.05, 0) is 38.3 Å². The average Bonchev–Trinajstić information content (AvgIpc) is 2.98. The number of anilines is 1. The van der Waals surface area contributed by atoms with E-state index in [4.69, 9.17) is 9.47 Å². The molecule has 1 aliphatic heterocycles. The number of benzene rings is 1. The van der Waals surface area contributed by atoms with Crippen molar-refractivity contribution in [2.45, 2.75) is 45.3 Å². The number of ether oxygens (including phenoxy) is 2. The van der Waals surface area contributed by atoms with Gasteiger partial charge in [0.2, 0.25) is 0 Å². The van der Waals surface area contributed by atoms with Gasteiger partial charge in [0.15, 0.2) is 0 Å². The molecule has 1 saturated heterocycles. The van der Waals surface area contributed by atoms with Gasteiger partial charge in [-0.25, -0.2) is 4.79 Å². The minimum absolute atomic E-state index is 0.149. The quantitative estimate of drug-likeness (QED) is 0.846. The Bertz CT molecular complexity index is 459. The molecular weight excluding hydrogens is 268 g/mol. The number of rotatable bonds is 6. The zero-order valence-electron chi connectivity index (χ0n) is 12.7. The van der Waals surface area contributed by atoms with E-state index in [1.807, 2.05) is 31.2 Å². The molecule has 1 aromatic carbocycles. The highest BCUT2D eigenvalue weighted by Gasteiger charge is 2.16. The lowest BCUT2D eigenvalue weighted by molar-refractivity contribution is 0.112. The standard InChI is InChI=1S/C16H24N2O3/c1-3-12(2)21-14-7-4-6-13(10-14)18-16(19)17-11-15-8-5-9-20-15/h4,6-7,10,12,15H,3,5,8-9,11H2,1-2H3,(H2,17,18,19). The van der Waals surface area contributed by atoms with Gasteiger partial charge in [0, 0.05) is 24.9 Å². The van der Waals surface area contributed by atoms with Crippen LogP contribution in [-0.4, -0.2) is 31.4 Å². The molecular formula is C16H24N2O3. The lowest BCUT2D eigenvalue weighted by Gasteiger charge is -2.14. The smallest absolute Gasteiger partial charge is 0.319 e. The van der Waals surface area contributed by atoms with Crippen molar-refractivity contribution in [3.8, 4) is 5.75 Å². The highest BCUT2D eigenvalue weighted by Crippen LogP contribution is 2.19. The number of hydrogen-bond acceptors (Lipinski definition) is 3. The molecule has 0 radical (unpaired) electrons. The molecule has 116 valence electrons. The predicted octanol–water partition coefficient (Wildman–Crippen LogP) is 3.16. The van der Waals surface area contributed by atoms with Gasteiger partial charge < -0.3 is 20.1 Å². The third kappa shape index (κ3) is 5.27. The van der Waals surface area contributed by atoms with Crippen molar-refractivity contribution in [1.29, 1.82) is 0 Å². The molecule has 2 rings (SSSR count). The molecule has 0 aromatic heterocycles. The van der Waals surface area contributed by atoms with Crippen LogP contribution in [0.1, 0.15) is 33.1 Å². The zero-order chi connectivity index (χ0) is 15.1. The number of urea groups is 1. The van der Waals surface area contributed by atoms with Crippen LogP contribution in [0.2, 0.25) is 0 Å². The van der Waals surface area contributed by atoms with Crippen LogP contribution in [0.25, 0.3) is 0 Å². The van der Waals surface area contributed by atoms with E-state index >= 15 is 0 Å². The van der Waals surface area contributed by atoms with E-state index in [9.17, 15) is 4.79 Å². The fraction of sp³-hybridized carbons (Fsp3) is 0.562. The summed E-state index contributed by atoms with van der Waals surface area (Å²) >= 11 is 0. The maximum absolute atomic E-state index is 11.8. The largest absolute Gasteiger partial charge is 0.491 e. The Morgan fingerprint density at radius 3 is 3.10 bits per heavy atom. The van der Waals surface area contributed by atoms with Gasteiger partial charge in [-0.15, -0.1) is 0 Å². The maximum Gasteiger partial charge on any atom is 0.319 e. The van der Waals surface area contributed by atoms with E-state index < -0.39 is 0 Å². The van der Waals surface area contributed by atoms with Crippen molar-refractivity contribution in [1.82, 2.24) is 5.32 Å². The molecule has 21 heavy (non-hydrogen) atoms. The number of hydrogen-bond donors (Lipinski definition) is 2. The summed E-state index contributed by atoms with van der Waals surface area (Å²) in [5.41, 5.74) is 0.723. The third-order valence-electron chi connectivity index (χ3n) is 3.52. The second-order valence-electron chi connectivity index (χ2n) is 5.33. The van der Waals surface area contributed by atoms with Gasteiger partial charge in [0.25, 0.3) is 0 Å². The molecule has 0 bridgehead atoms. The van der Waals surface area contributed by atoms with Gasteiger partial charge in [-0.3, -0.25) is 0 Å². The summed E-state index contributed by atoms with van der Waals surface area (Å²) in [6, 6.07) is 7.22. The normalized spacial score (nSPS) is 19.0. The molecule has 1 aliphatic rings. The first-order valence-corrected chi connectivity index (χ1v) is 7.60. The molecule has 2 unspecified atom stereocenters. The topological polar surface area (TPSA) is 59.6 Å². The van der Waals surface area contributed by atoms with E-state index in [0.717, 1.165) is 37.3 Å². The van der Waals surface area contributed by atoms with E-state index in [1.165, 1.54) is 0 Å². The van der Waals surface area contributed by atoms with Crippen LogP contribution in [0.4, 0.5) is 10.5 Å². The van der Waals surface area contributed by atoms with Crippen LogP contribution < -0.4 is 15.4 Å². The molecule has 0 saturated carbocycles. The van der Waals surface area contributed by atoms with Crippen molar-refractivity contribution < 1.29 is 14.3 Å². The summed E-state index contributed by atoms with van der Waals surface area (Å²) in [6.45, 7) is 5.44. The van der Waals surface area contributed by atoms with Crippen LogP contribution in [0, 0.1) is 0 Å². The first-order valence-electron chi connectivity index (χ1n) is 7.60. The monoisotopic (exact) mass is 292 g/mol. The van der Waals surface area contributed by atoms with Crippen molar-refractivity contribution >= 4 is 11.7 Å². The summed E-state index contributed by atoms with van der Waals surface area (Å²) in [7, 11) is 0. The van der Waals surface area contributed by atoms with Crippen LogP contribution in [0.15, 0.2) is 24.3 Å². The van der Waals surface area contributed by atoms with E-state index in [2.05, 4.69) is 17.6 Å². The molecule has 1 aromatic rings. The maximum atomic E-state index is 11.8. The SMILES string of the molecule is CCC(C)Oc1cccc(NC(=O)NCC2CCCO2)c1. The average molecular weight is 292 g/mol.